The number of hydrogen-bond acceptors (Lipinski definition) is 5. The summed E-state index contributed by atoms with van der Waals surface area (Å²) < 4.78 is 21.1. The van der Waals surface area contributed by atoms with E-state index in [9.17, 15) is 18.8 Å². The topological polar surface area (TPSA) is 92.0 Å². The smallest absolute Gasteiger partial charge is 0.336 e. The van der Waals surface area contributed by atoms with E-state index in [1.165, 1.54) is 42.7 Å². The molecule has 0 aliphatic carbocycles. The van der Waals surface area contributed by atoms with Crippen molar-refractivity contribution in [2.24, 2.45) is 0 Å². The quantitative estimate of drug-likeness (QED) is 0.574. The van der Waals surface area contributed by atoms with Crippen molar-refractivity contribution in [2.75, 3.05) is 0 Å². The molecule has 3 aromatic rings. The molecule has 0 N–H and O–H groups in total. The molecule has 0 atom stereocenters. The molecule has 3 rings (SSSR count). The van der Waals surface area contributed by atoms with Crippen molar-refractivity contribution >= 4 is 0 Å². The van der Waals surface area contributed by atoms with Crippen LogP contribution in [0.5, 0.6) is 0 Å². The van der Waals surface area contributed by atoms with Crippen LogP contribution in [0.4, 0.5) is 4.39 Å². The Morgan fingerprint density at radius 3 is 2.00 bits per heavy atom. The van der Waals surface area contributed by atoms with Gasteiger partial charge < -0.3 is 4.42 Å². The molecular formula is C19H17FN4O4. The van der Waals surface area contributed by atoms with Crippen LogP contribution in [0, 0.1) is 5.82 Å². The van der Waals surface area contributed by atoms with Crippen molar-refractivity contribution in [3.8, 4) is 11.5 Å². The van der Waals surface area contributed by atoms with Crippen molar-refractivity contribution in [1.29, 1.82) is 0 Å². The highest BCUT2D eigenvalue weighted by Gasteiger charge is 2.16. The third-order valence-electron chi connectivity index (χ3n) is 3.97. The summed E-state index contributed by atoms with van der Waals surface area (Å²) in [4.78, 5) is 41.8. The Morgan fingerprint density at radius 1 is 0.929 bits per heavy atom. The van der Waals surface area contributed by atoms with Crippen LogP contribution < -0.4 is 17.1 Å². The number of allylic oxidation sites excluding steroid dienone is 2. The first-order valence-electron chi connectivity index (χ1n) is 8.33. The Balaban J connectivity index is 2.05. The fourth-order valence-electron chi connectivity index (χ4n) is 2.66. The lowest BCUT2D eigenvalue weighted by atomic mass is 10.2. The summed E-state index contributed by atoms with van der Waals surface area (Å²) in [5.74, 6) is -0.178. The van der Waals surface area contributed by atoms with Gasteiger partial charge in [-0.2, -0.15) is 0 Å². The van der Waals surface area contributed by atoms with E-state index in [0.29, 0.717) is 11.3 Å². The second-order valence-corrected chi connectivity index (χ2v) is 5.88. The van der Waals surface area contributed by atoms with E-state index in [-0.39, 0.29) is 25.5 Å². The van der Waals surface area contributed by atoms with Gasteiger partial charge in [0.1, 0.15) is 12.1 Å². The summed E-state index contributed by atoms with van der Waals surface area (Å²) in [6, 6.07) is 5.53. The van der Waals surface area contributed by atoms with Crippen molar-refractivity contribution in [1.82, 2.24) is 18.7 Å². The molecule has 0 saturated heterocycles. The van der Waals surface area contributed by atoms with Gasteiger partial charge in [-0.05, 0) is 24.3 Å². The highest BCUT2D eigenvalue weighted by Crippen LogP contribution is 2.18. The third-order valence-corrected chi connectivity index (χ3v) is 3.97. The second-order valence-electron chi connectivity index (χ2n) is 5.88. The highest BCUT2D eigenvalue weighted by atomic mass is 19.1. The predicted octanol–water partition coefficient (Wildman–Crippen LogP) is 1.39. The average molecular weight is 384 g/mol. The van der Waals surface area contributed by atoms with E-state index >= 15 is 0 Å². The van der Waals surface area contributed by atoms with Gasteiger partial charge >= 0.3 is 17.1 Å². The van der Waals surface area contributed by atoms with Crippen molar-refractivity contribution in [2.45, 2.75) is 19.6 Å². The standard InChI is InChI=1S/C19H17FN4O4/c1-3-9-22-17(25)23(10-4-2)19(27)24(18(22)26)11-15-12-28-16(21-15)13-5-7-14(20)8-6-13/h3-8,12H,1-2,9-11H2. The zero-order valence-electron chi connectivity index (χ0n) is 14.9. The molecule has 9 heteroatoms. The monoisotopic (exact) mass is 384 g/mol. The molecule has 8 nitrogen and oxygen atoms in total. The first-order valence-corrected chi connectivity index (χ1v) is 8.33. The van der Waals surface area contributed by atoms with Gasteiger partial charge in [0.2, 0.25) is 5.89 Å². The molecule has 1 aromatic carbocycles. The van der Waals surface area contributed by atoms with Crippen LogP contribution in [0.25, 0.3) is 11.5 Å². The summed E-state index contributed by atoms with van der Waals surface area (Å²) in [6.45, 7) is 6.76. The Morgan fingerprint density at radius 2 is 1.46 bits per heavy atom. The van der Waals surface area contributed by atoms with Gasteiger partial charge in [0.05, 0.1) is 25.3 Å². The van der Waals surface area contributed by atoms with Crippen LogP contribution in [-0.4, -0.2) is 18.7 Å². The summed E-state index contributed by atoms with van der Waals surface area (Å²) in [7, 11) is 0. The van der Waals surface area contributed by atoms with Gasteiger partial charge in [-0.25, -0.2) is 37.5 Å². The molecule has 0 aliphatic rings. The molecule has 0 unspecified atom stereocenters. The van der Waals surface area contributed by atoms with Gasteiger partial charge in [-0.3, -0.25) is 0 Å². The summed E-state index contributed by atoms with van der Waals surface area (Å²) >= 11 is 0. The van der Waals surface area contributed by atoms with Crippen LogP contribution in [-0.2, 0) is 19.6 Å². The van der Waals surface area contributed by atoms with E-state index in [4.69, 9.17) is 4.42 Å². The van der Waals surface area contributed by atoms with Gasteiger partial charge in [-0.1, -0.05) is 12.2 Å². The zero-order chi connectivity index (χ0) is 20.3. The third kappa shape index (κ3) is 3.54. The number of benzene rings is 1. The Bertz CT molecular complexity index is 1150. The van der Waals surface area contributed by atoms with Gasteiger partial charge in [-0.15, -0.1) is 13.2 Å². The van der Waals surface area contributed by atoms with E-state index < -0.39 is 22.9 Å². The minimum atomic E-state index is -0.776. The second kappa shape index (κ2) is 7.87. The largest absolute Gasteiger partial charge is 0.444 e. The van der Waals surface area contributed by atoms with Crippen LogP contribution in [0.2, 0.25) is 0 Å². The van der Waals surface area contributed by atoms with Gasteiger partial charge in [0.25, 0.3) is 0 Å². The lowest BCUT2D eigenvalue weighted by molar-refractivity contribution is 0.494. The Kier molecular flexibility index (Phi) is 5.35. The van der Waals surface area contributed by atoms with Crippen molar-refractivity contribution in [3.05, 3.63) is 98.8 Å². The molecule has 2 aromatic heterocycles. The first-order chi connectivity index (χ1) is 13.5. The number of oxazole rings is 1. The fraction of sp³-hybridized carbons (Fsp3) is 0.158. The number of rotatable bonds is 7. The molecule has 0 radical (unpaired) electrons. The maximum atomic E-state index is 13.0. The average Bonchev–Trinajstić information content (AvgIpc) is 3.15. The number of hydrogen-bond donors (Lipinski definition) is 0. The molecule has 2 heterocycles. The van der Waals surface area contributed by atoms with Crippen LogP contribution >= 0.6 is 0 Å². The van der Waals surface area contributed by atoms with E-state index in [1.807, 2.05) is 0 Å². The summed E-state index contributed by atoms with van der Waals surface area (Å²) in [6.07, 6.45) is 4.07. The molecule has 0 spiro atoms. The number of aromatic nitrogens is 4. The lowest BCUT2D eigenvalue weighted by Gasteiger charge is -2.11. The van der Waals surface area contributed by atoms with Crippen molar-refractivity contribution in [3.63, 3.8) is 0 Å². The molecule has 144 valence electrons. The SMILES string of the molecule is C=CCn1c(=O)n(CC=C)c(=O)n(Cc2coc(-c3ccc(F)cc3)n2)c1=O. The minimum absolute atomic E-state index is 0.0469. The zero-order valence-corrected chi connectivity index (χ0v) is 14.9. The number of nitrogens with zero attached hydrogens (tertiary/aromatic N) is 4. The predicted molar refractivity (Wildman–Crippen MR) is 101 cm³/mol. The van der Waals surface area contributed by atoms with Crippen molar-refractivity contribution < 1.29 is 8.81 Å². The maximum absolute atomic E-state index is 13.0. The summed E-state index contributed by atoms with van der Waals surface area (Å²) in [5, 5.41) is 0. The lowest BCUT2D eigenvalue weighted by Crippen LogP contribution is -2.54. The summed E-state index contributed by atoms with van der Waals surface area (Å²) in [5.41, 5.74) is -1.45. The van der Waals surface area contributed by atoms with E-state index in [1.54, 1.807) is 0 Å². The first kappa shape index (κ1) is 19.0. The Hall–Kier alpha value is -3.75. The molecule has 0 amide bonds. The van der Waals surface area contributed by atoms with E-state index in [2.05, 4.69) is 18.1 Å². The molecule has 0 aliphatic heterocycles. The van der Waals surface area contributed by atoms with Crippen LogP contribution in [0.3, 0.4) is 0 Å². The molecular weight excluding hydrogens is 367 g/mol. The van der Waals surface area contributed by atoms with Gasteiger partial charge in [0, 0.05) is 5.56 Å². The molecule has 0 fully saturated rings. The van der Waals surface area contributed by atoms with Crippen LogP contribution in [0.1, 0.15) is 5.69 Å². The minimum Gasteiger partial charge on any atom is -0.444 e. The van der Waals surface area contributed by atoms with Gasteiger partial charge in [0.15, 0.2) is 0 Å². The molecule has 28 heavy (non-hydrogen) atoms. The molecule has 0 saturated carbocycles. The maximum Gasteiger partial charge on any atom is 0.336 e. The molecule has 0 bridgehead atoms. The van der Waals surface area contributed by atoms with E-state index in [0.717, 1.165) is 13.7 Å². The van der Waals surface area contributed by atoms with Crippen LogP contribution in [0.15, 0.2) is 74.6 Å². The Labute approximate surface area is 158 Å². The fourth-order valence-corrected chi connectivity index (χ4v) is 2.66. The number of halogens is 1. The highest BCUT2D eigenvalue weighted by molar-refractivity contribution is 5.52. The normalized spacial score (nSPS) is 10.8.